The molecule has 2 amide bonds. The number of hydrogen-bond donors (Lipinski definition) is 4. The highest BCUT2D eigenvalue weighted by atomic mass is 16.5. The van der Waals surface area contributed by atoms with Crippen LogP contribution in [0.2, 0.25) is 0 Å². The highest BCUT2D eigenvalue weighted by Gasteiger charge is 2.42. The maximum Gasteiger partial charge on any atom is 0.246 e. The fourth-order valence-corrected chi connectivity index (χ4v) is 2.87. The van der Waals surface area contributed by atoms with Crippen LogP contribution in [0.15, 0.2) is 0 Å². The Balaban J connectivity index is 2.19. The first-order chi connectivity index (χ1) is 12.5. The summed E-state index contributed by atoms with van der Waals surface area (Å²) in [5, 5.41) is 13.0. The van der Waals surface area contributed by atoms with E-state index in [1.54, 1.807) is 0 Å². The van der Waals surface area contributed by atoms with Crippen LogP contribution in [-0.2, 0) is 28.5 Å². The van der Waals surface area contributed by atoms with Crippen molar-refractivity contribution < 1.29 is 33.6 Å². The van der Waals surface area contributed by atoms with Crippen molar-refractivity contribution in [2.24, 2.45) is 17.4 Å². The Morgan fingerprint density at radius 3 is 2.27 bits per heavy atom. The molecule has 1 saturated carbocycles. The molecule has 152 valence electrons. The molecule has 0 radical (unpaired) electrons. The maximum atomic E-state index is 11.9. The van der Waals surface area contributed by atoms with Gasteiger partial charge in [0.05, 0.1) is 57.2 Å². The monoisotopic (exact) mass is 377 g/mol. The molecular formula is C16H31N3O7. The molecule has 1 aliphatic carbocycles. The molecule has 0 spiro atoms. The molecule has 0 aromatic rings. The number of nitrogens with two attached hydrogens (primary N) is 2. The van der Waals surface area contributed by atoms with Crippen molar-refractivity contribution in [3.63, 3.8) is 0 Å². The number of aliphatic hydroxyl groups is 1. The van der Waals surface area contributed by atoms with E-state index < -0.39 is 30.1 Å². The Bertz CT molecular complexity index is 425. The molecule has 4 atom stereocenters. The van der Waals surface area contributed by atoms with Gasteiger partial charge in [0, 0.05) is 13.7 Å². The number of carbonyl (C=O) groups excluding carboxylic acids is 2. The van der Waals surface area contributed by atoms with E-state index in [2.05, 4.69) is 5.32 Å². The summed E-state index contributed by atoms with van der Waals surface area (Å²) in [5.41, 5.74) is 10.6. The summed E-state index contributed by atoms with van der Waals surface area (Å²) >= 11 is 0. The molecule has 0 saturated heterocycles. The zero-order chi connectivity index (χ0) is 19.4. The van der Waals surface area contributed by atoms with E-state index in [1.807, 2.05) is 0 Å². The number of rotatable bonds is 13. The largest absolute Gasteiger partial charge is 0.390 e. The van der Waals surface area contributed by atoms with Crippen LogP contribution in [0.4, 0.5) is 0 Å². The van der Waals surface area contributed by atoms with Crippen molar-refractivity contribution in [3.05, 3.63) is 0 Å². The van der Waals surface area contributed by atoms with Crippen LogP contribution in [0.3, 0.4) is 0 Å². The van der Waals surface area contributed by atoms with Gasteiger partial charge >= 0.3 is 0 Å². The summed E-state index contributed by atoms with van der Waals surface area (Å²) in [6, 6.07) is -0.564. The van der Waals surface area contributed by atoms with E-state index in [-0.39, 0.29) is 19.1 Å². The molecular weight excluding hydrogens is 346 g/mol. The van der Waals surface area contributed by atoms with Gasteiger partial charge in [0.2, 0.25) is 11.8 Å². The highest BCUT2D eigenvalue weighted by molar-refractivity contribution is 5.79. The Morgan fingerprint density at radius 2 is 1.69 bits per heavy atom. The molecule has 0 aliphatic heterocycles. The van der Waals surface area contributed by atoms with Crippen molar-refractivity contribution in [2.45, 2.75) is 31.1 Å². The first-order valence-electron chi connectivity index (χ1n) is 8.74. The molecule has 10 nitrogen and oxygen atoms in total. The van der Waals surface area contributed by atoms with E-state index in [9.17, 15) is 14.7 Å². The number of primary amides is 1. The fraction of sp³-hybridized carbons (Fsp3) is 0.875. The van der Waals surface area contributed by atoms with E-state index in [0.717, 1.165) is 0 Å². The number of hydrogen-bond acceptors (Lipinski definition) is 8. The standard InChI is InChI=1S/C16H31N3O7/c1-23-12-3-2-11(15(21)14(12)16(18)22)19-13(20)10-26-9-8-25-7-6-24-5-4-17/h11-12,14-15,21H,2-10,17H2,1H3,(H2,18,22)(H,19,20). The molecule has 10 heteroatoms. The lowest BCUT2D eigenvalue weighted by molar-refractivity contribution is -0.141. The first kappa shape index (κ1) is 22.7. The van der Waals surface area contributed by atoms with Gasteiger partial charge in [-0.3, -0.25) is 9.59 Å². The third-order valence-corrected chi connectivity index (χ3v) is 4.16. The van der Waals surface area contributed by atoms with Gasteiger partial charge in [-0.05, 0) is 12.8 Å². The summed E-state index contributed by atoms with van der Waals surface area (Å²) in [5.74, 6) is -1.87. The second kappa shape index (κ2) is 13.0. The van der Waals surface area contributed by atoms with Gasteiger partial charge in [-0.25, -0.2) is 0 Å². The maximum absolute atomic E-state index is 11.9. The van der Waals surface area contributed by atoms with E-state index in [0.29, 0.717) is 45.8 Å². The Kier molecular flexibility index (Phi) is 11.3. The molecule has 1 aliphatic rings. The minimum atomic E-state index is -1.09. The van der Waals surface area contributed by atoms with Crippen LogP contribution >= 0.6 is 0 Å². The van der Waals surface area contributed by atoms with Crippen molar-refractivity contribution in [1.82, 2.24) is 5.32 Å². The molecule has 0 aromatic carbocycles. The minimum absolute atomic E-state index is 0.162. The van der Waals surface area contributed by atoms with Crippen molar-refractivity contribution >= 4 is 11.8 Å². The summed E-state index contributed by atoms with van der Waals surface area (Å²) in [6.07, 6.45) is -0.529. The van der Waals surface area contributed by atoms with Gasteiger partial charge in [0.15, 0.2) is 0 Å². The average molecular weight is 377 g/mol. The van der Waals surface area contributed by atoms with Gasteiger partial charge in [0.25, 0.3) is 0 Å². The number of nitrogens with one attached hydrogen (secondary N) is 1. The predicted molar refractivity (Wildman–Crippen MR) is 92.2 cm³/mol. The van der Waals surface area contributed by atoms with Crippen molar-refractivity contribution in [2.75, 3.05) is 53.3 Å². The summed E-state index contributed by atoms with van der Waals surface area (Å²) < 4.78 is 20.8. The summed E-state index contributed by atoms with van der Waals surface area (Å²) in [6.45, 7) is 2.29. The van der Waals surface area contributed by atoms with E-state index in [1.165, 1.54) is 7.11 Å². The summed E-state index contributed by atoms with van der Waals surface area (Å²) in [7, 11) is 1.46. The first-order valence-corrected chi connectivity index (χ1v) is 8.74. The number of methoxy groups -OCH3 is 1. The molecule has 0 bridgehead atoms. The number of aliphatic hydroxyl groups excluding tert-OH is 1. The van der Waals surface area contributed by atoms with Crippen LogP contribution < -0.4 is 16.8 Å². The van der Waals surface area contributed by atoms with Gasteiger partial charge < -0.3 is 40.8 Å². The smallest absolute Gasteiger partial charge is 0.246 e. The quantitative estimate of drug-likeness (QED) is 0.262. The zero-order valence-corrected chi connectivity index (χ0v) is 15.2. The van der Waals surface area contributed by atoms with Crippen molar-refractivity contribution in [1.29, 1.82) is 0 Å². The van der Waals surface area contributed by atoms with Gasteiger partial charge in [0.1, 0.15) is 6.61 Å². The molecule has 0 aromatic heterocycles. The van der Waals surface area contributed by atoms with Crippen LogP contribution in [0.5, 0.6) is 0 Å². The lowest BCUT2D eigenvalue weighted by atomic mass is 9.80. The fourth-order valence-electron chi connectivity index (χ4n) is 2.87. The SMILES string of the molecule is COC1CCC(NC(=O)COCCOCCOCCN)C(O)C1C(N)=O. The summed E-state index contributed by atoms with van der Waals surface area (Å²) in [4.78, 5) is 23.5. The van der Waals surface area contributed by atoms with Crippen LogP contribution in [0.1, 0.15) is 12.8 Å². The third-order valence-electron chi connectivity index (χ3n) is 4.16. The van der Waals surface area contributed by atoms with E-state index >= 15 is 0 Å². The lowest BCUT2D eigenvalue weighted by Crippen LogP contribution is -2.57. The molecule has 1 fully saturated rings. The zero-order valence-electron chi connectivity index (χ0n) is 15.2. The molecule has 0 heterocycles. The highest BCUT2D eigenvalue weighted by Crippen LogP contribution is 2.27. The van der Waals surface area contributed by atoms with Gasteiger partial charge in [-0.2, -0.15) is 0 Å². The minimum Gasteiger partial charge on any atom is -0.390 e. The molecule has 6 N–H and O–H groups in total. The Morgan fingerprint density at radius 1 is 1.08 bits per heavy atom. The average Bonchev–Trinajstić information content (AvgIpc) is 2.61. The van der Waals surface area contributed by atoms with Crippen molar-refractivity contribution in [3.8, 4) is 0 Å². The molecule has 4 unspecified atom stereocenters. The van der Waals surface area contributed by atoms with Crippen LogP contribution in [-0.4, -0.2) is 88.5 Å². The number of amides is 2. The second-order valence-corrected chi connectivity index (χ2v) is 6.01. The number of carbonyl (C=O) groups is 2. The molecule has 1 rings (SSSR count). The van der Waals surface area contributed by atoms with Crippen LogP contribution in [0.25, 0.3) is 0 Å². The predicted octanol–water partition coefficient (Wildman–Crippen LogP) is -2.25. The normalized spacial score (nSPS) is 25.8. The number of ether oxygens (including phenoxy) is 4. The lowest BCUT2D eigenvalue weighted by Gasteiger charge is -2.38. The van der Waals surface area contributed by atoms with E-state index in [4.69, 9.17) is 30.4 Å². The second-order valence-electron chi connectivity index (χ2n) is 6.01. The Hall–Kier alpha value is -1.30. The van der Waals surface area contributed by atoms with Gasteiger partial charge in [-0.15, -0.1) is 0 Å². The van der Waals surface area contributed by atoms with Gasteiger partial charge in [-0.1, -0.05) is 0 Å². The third kappa shape index (κ3) is 7.94. The van der Waals surface area contributed by atoms with Crippen LogP contribution in [0, 0.1) is 5.92 Å². The molecule has 26 heavy (non-hydrogen) atoms. The Labute approximate surface area is 153 Å². The topological polar surface area (TPSA) is 155 Å².